The number of furan rings is 1. The van der Waals surface area contributed by atoms with Crippen molar-refractivity contribution in [1.82, 2.24) is 9.88 Å². The summed E-state index contributed by atoms with van der Waals surface area (Å²) in [6.45, 7) is 0.282. The van der Waals surface area contributed by atoms with Crippen molar-refractivity contribution in [2.75, 3.05) is 0 Å². The van der Waals surface area contributed by atoms with Crippen molar-refractivity contribution in [3.8, 4) is 11.1 Å². The van der Waals surface area contributed by atoms with Gasteiger partial charge in [0.15, 0.2) is 5.17 Å². The number of amides is 1. The molecule has 0 saturated carbocycles. The van der Waals surface area contributed by atoms with Gasteiger partial charge < -0.3 is 4.42 Å². The Kier molecular flexibility index (Phi) is 6.45. The monoisotopic (exact) mass is 464 g/mol. The number of benzene rings is 2. The normalized spacial score (nSPS) is 16.2. The maximum Gasteiger partial charge on any atom is 0.267 e. The van der Waals surface area contributed by atoms with Crippen LogP contribution in [-0.2, 0) is 11.3 Å². The molecule has 1 aliphatic heterocycles. The van der Waals surface area contributed by atoms with E-state index in [9.17, 15) is 4.79 Å². The molecule has 2 aromatic heterocycles. The van der Waals surface area contributed by atoms with Crippen molar-refractivity contribution in [2.24, 2.45) is 10.2 Å². The first-order valence-corrected chi connectivity index (χ1v) is 11.5. The van der Waals surface area contributed by atoms with Gasteiger partial charge in [-0.2, -0.15) is 5.10 Å². The molecule has 0 radical (unpaired) electrons. The molecule has 0 N–H and O–H groups in total. The first-order valence-electron chi connectivity index (χ1n) is 10.7. The van der Waals surface area contributed by atoms with E-state index in [0.29, 0.717) is 15.8 Å². The summed E-state index contributed by atoms with van der Waals surface area (Å²) in [5.74, 6) is 0.537. The van der Waals surface area contributed by atoms with Gasteiger partial charge in [-0.3, -0.25) is 14.7 Å². The number of hydrogen-bond donors (Lipinski definition) is 0. The van der Waals surface area contributed by atoms with Crippen LogP contribution in [0.25, 0.3) is 17.2 Å². The van der Waals surface area contributed by atoms with E-state index in [1.807, 2.05) is 54.6 Å². The summed E-state index contributed by atoms with van der Waals surface area (Å²) in [7, 11) is 0. The van der Waals surface area contributed by atoms with Crippen LogP contribution in [0.4, 0.5) is 0 Å². The van der Waals surface area contributed by atoms with E-state index in [2.05, 4.69) is 39.5 Å². The fourth-order valence-corrected chi connectivity index (χ4v) is 4.37. The van der Waals surface area contributed by atoms with Crippen molar-refractivity contribution in [2.45, 2.75) is 6.54 Å². The number of pyridine rings is 1. The van der Waals surface area contributed by atoms with E-state index in [1.165, 1.54) is 11.8 Å². The lowest BCUT2D eigenvalue weighted by atomic mass is 10.0. The van der Waals surface area contributed by atoms with Crippen molar-refractivity contribution >= 4 is 35.1 Å². The third kappa shape index (κ3) is 5.05. The van der Waals surface area contributed by atoms with Gasteiger partial charge in [0, 0.05) is 18.0 Å². The van der Waals surface area contributed by atoms with Crippen LogP contribution in [0.5, 0.6) is 0 Å². The van der Waals surface area contributed by atoms with Gasteiger partial charge in [0.2, 0.25) is 0 Å². The predicted octanol–water partition coefficient (Wildman–Crippen LogP) is 5.85. The van der Waals surface area contributed by atoms with Gasteiger partial charge in [-0.05, 0) is 52.7 Å². The molecule has 1 amide bonds. The Hall–Kier alpha value is -4.23. The highest BCUT2D eigenvalue weighted by atomic mass is 32.2. The molecule has 0 bridgehead atoms. The standard InChI is InChI=1S/C27H20N4O2S/c32-26-25(16-20-10-12-23(13-11-20)22-7-2-1-3-8-22)34-27(31(26)19-24-9-5-15-33-24)30-29-18-21-6-4-14-28-17-21/h1-18H,19H2/b25-16-,29-18+,30-27+. The summed E-state index contributed by atoms with van der Waals surface area (Å²) in [5.41, 5.74) is 4.04. The zero-order chi connectivity index (χ0) is 23.2. The maximum absolute atomic E-state index is 13.2. The Morgan fingerprint density at radius 3 is 2.47 bits per heavy atom. The molecule has 7 heteroatoms. The largest absolute Gasteiger partial charge is 0.467 e. The molecule has 2 aromatic carbocycles. The Labute approximate surface area is 201 Å². The lowest BCUT2D eigenvalue weighted by Crippen LogP contribution is -2.28. The van der Waals surface area contributed by atoms with Crippen molar-refractivity contribution < 1.29 is 9.21 Å². The van der Waals surface area contributed by atoms with Crippen molar-refractivity contribution in [3.05, 3.63) is 119 Å². The zero-order valence-electron chi connectivity index (χ0n) is 18.1. The lowest BCUT2D eigenvalue weighted by molar-refractivity contribution is -0.122. The molecule has 1 aliphatic rings. The average Bonchev–Trinajstić information content (AvgIpc) is 3.50. The Morgan fingerprint density at radius 2 is 1.74 bits per heavy atom. The molecule has 0 aliphatic carbocycles. The second kappa shape index (κ2) is 10.1. The molecule has 5 rings (SSSR count). The van der Waals surface area contributed by atoms with Crippen molar-refractivity contribution in [1.29, 1.82) is 0 Å². The quantitative estimate of drug-likeness (QED) is 0.204. The van der Waals surface area contributed by atoms with Crippen LogP contribution in [0.2, 0.25) is 0 Å². The van der Waals surface area contributed by atoms with Crippen LogP contribution in [0, 0.1) is 0 Å². The Balaban J connectivity index is 1.40. The van der Waals surface area contributed by atoms with Crippen LogP contribution < -0.4 is 0 Å². The van der Waals surface area contributed by atoms with Gasteiger partial charge in [-0.25, -0.2) is 0 Å². The zero-order valence-corrected chi connectivity index (χ0v) is 18.9. The minimum atomic E-state index is -0.135. The molecule has 6 nitrogen and oxygen atoms in total. The molecular weight excluding hydrogens is 444 g/mol. The maximum atomic E-state index is 13.2. The Bertz CT molecular complexity index is 1350. The number of carbonyl (C=O) groups excluding carboxylic acids is 1. The average molecular weight is 465 g/mol. The summed E-state index contributed by atoms with van der Waals surface area (Å²) >= 11 is 1.30. The predicted molar refractivity (Wildman–Crippen MR) is 136 cm³/mol. The summed E-state index contributed by atoms with van der Waals surface area (Å²) in [6, 6.07) is 25.7. The highest BCUT2D eigenvalue weighted by Crippen LogP contribution is 2.34. The van der Waals surface area contributed by atoms with Gasteiger partial charge in [0.25, 0.3) is 5.91 Å². The minimum absolute atomic E-state index is 0.135. The molecule has 0 atom stereocenters. The Morgan fingerprint density at radius 1 is 0.912 bits per heavy atom. The molecule has 0 unspecified atom stereocenters. The third-order valence-corrected chi connectivity index (χ3v) is 6.13. The van der Waals surface area contributed by atoms with E-state index < -0.39 is 0 Å². The van der Waals surface area contributed by atoms with E-state index in [0.717, 1.165) is 22.3 Å². The number of aromatic nitrogens is 1. The van der Waals surface area contributed by atoms with Gasteiger partial charge in [0.05, 0.1) is 23.9 Å². The summed E-state index contributed by atoms with van der Waals surface area (Å²) < 4.78 is 5.45. The van der Waals surface area contributed by atoms with Gasteiger partial charge in [-0.15, -0.1) is 5.10 Å². The number of amidine groups is 1. The molecule has 0 spiro atoms. The first-order chi connectivity index (χ1) is 16.8. The molecule has 1 fully saturated rings. The molecule has 3 heterocycles. The molecule has 34 heavy (non-hydrogen) atoms. The fraction of sp³-hybridized carbons (Fsp3) is 0.0370. The van der Waals surface area contributed by atoms with Gasteiger partial charge in [-0.1, -0.05) is 60.7 Å². The smallest absolute Gasteiger partial charge is 0.267 e. The summed E-state index contributed by atoms with van der Waals surface area (Å²) in [5, 5.41) is 8.99. The van der Waals surface area contributed by atoms with Gasteiger partial charge in [0.1, 0.15) is 5.76 Å². The van der Waals surface area contributed by atoms with Crippen LogP contribution in [0.3, 0.4) is 0 Å². The van der Waals surface area contributed by atoms with E-state index in [1.54, 1.807) is 35.8 Å². The van der Waals surface area contributed by atoms with Crippen LogP contribution in [0.1, 0.15) is 16.9 Å². The van der Waals surface area contributed by atoms with E-state index in [-0.39, 0.29) is 12.5 Å². The highest BCUT2D eigenvalue weighted by Gasteiger charge is 2.34. The molecule has 4 aromatic rings. The number of rotatable bonds is 6. The SMILES string of the molecule is O=C1/C(=C/c2ccc(-c3ccccc3)cc2)S/C(=N/N=C/c2cccnc2)N1Cc1ccco1. The summed E-state index contributed by atoms with van der Waals surface area (Å²) in [6.07, 6.45) is 8.47. The number of nitrogens with zero attached hydrogens (tertiary/aromatic N) is 4. The lowest BCUT2D eigenvalue weighted by Gasteiger charge is -2.12. The fourth-order valence-electron chi connectivity index (χ4n) is 3.43. The van der Waals surface area contributed by atoms with Gasteiger partial charge >= 0.3 is 0 Å². The second-order valence-electron chi connectivity index (χ2n) is 7.48. The minimum Gasteiger partial charge on any atom is -0.467 e. The van der Waals surface area contributed by atoms with Crippen LogP contribution >= 0.6 is 11.8 Å². The number of carbonyl (C=O) groups is 1. The topological polar surface area (TPSA) is 71.1 Å². The number of hydrogen-bond acceptors (Lipinski definition) is 6. The first kappa shape index (κ1) is 21.6. The number of thioether (sulfide) groups is 1. The van der Waals surface area contributed by atoms with Crippen molar-refractivity contribution in [3.63, 3.8) is 0 Å². The van der Waals surface area contributed by atoms with E-state index in [4.69, 9.17) is 4.42 Å². The highest BCUT2D eigenvalue weighted by molar-refractivity contribution is 8.18. The second-order valence-corrected chi connectivity index (χ2v) is 8.49. The summed E-state index contributed by atoms with van der Waals surface area (Å²) in [4.78, 5) is 19.4. The molecule has 1 saturated heterocycles. The van der Waals surface area contributed by atoms with Crippen LogP contribution in [-0.4, -0.2) is 27.2 Å². The van der Waals surface area contributed by atoms with E-state index >= 15 is 0 Å². The van der Waals surface area contributed by atoms with Crippen LogP contribution in [0.15, 0.2) is 117 Å². The molecular formula is C27H20N4O2S. The third-order valence-electron chi connectivity index (χ3n) is 5.13. The molecule has 166 valence electrons.